The van der Waals surface area contributed by atoms with Crippen molar-refractivity contribution in [1.29, 1.82) is 0 Å². The maximum Gasteiger partial charge on any atom is 0.123 e. The van der Waals surface area contributed by atoms with Crippen molar-refractivity contribution in [2.75, 3.05) is 13.1 Å². The van der Waals surface area contributed by atoms with Gasteiger partial charge in [0.05, 0.1) is 5.60 Å². The van der Waals surface area contributed by atoms with E-state index in [1.807, 2.05) is 13.8 Å². The van der Waals surface area contributed by atoms with Gasteiger partial charge in [0.25, 0.3) is 0 Å². The van der Waals surface area contributed by atoms with Crippen LogP contribution in [-0.2, 0) is 6.42 Å². The quantitative estimate of drug-likeness (QED) is 0.879. The molecule has 0 spiro atoms. The molecule has 4 heteroatoms. The minimum atomic E-state index is -0.797. The third kappa shape index (κ3) is 2.60. The third-order valence-electron chi connectivity index (χ3n) is 4.03. The monoisotopic (exact) mass is 315 g/mol. The average Bonchev–Trinajstić information content (AvgIpc) is 2.28. The number of hydrogen-bond acceptors (Lipinski definition) is 2. The lowest BCUT2D eigenvalue weighted by Crippen LogP contribution is -2.57. The first kappa shape index (κ1) is 14.0. The summed E-state index contributed by atoms with van der Waals surface area (Å²) >= 11 is 3.43. The summed E-state index contributed by atoms with van der Waals surface area (Å²) < 4.78 is 14.2. The molecule has 2 rings (SSSR count). The summed E-state index contributed by atoms with van der Waals surface area (Å²) in [7, 11) is 0. The topological polar surface area (TPSA) is 32.3 Å². The number of halogens is 2. The van der Waals surface area contributed by atoms with Crippen LogP contribution in [0.1, 0.15) is 25.8 Å². The van der Waals surface area contributed by atoms with Crippen molar-refractivity contribution >= 4 is 15.9 Å². The average molecular weight is 316 g/mol. The maximum absolute atomic E-state index is 13.3. The Kier molecular flexibility index (Phi) is 3.81. The molecule has 1 fully saturated rings. The van der Waals surface area contributed by atoms with E-state index in [2.05, 4.69) is 21.2 Å². The van der Waals surface area contributed by atoms with Gasteiger partial charge in [-0.3, -0.25) is 0 Å². The molecule has 2 nitrogen and oxygen atoms in total. The summed E-state index contributed by atoms with van der Waals surface area (Å²) in [6, 6.07) is 4.62. The van der Waals surface area contributed by atoms with Gasteiger partial charge in [0, 0.05) is 22.9 Å². The second-order valence-corrected chi connectivity index (χ2v) is 6.61. The molecule has 0 amide bonds. The summed E-state index contributed by atoms with van der Waals surface area (Å²) in [5.41, 5.74) is -0.196. The molecule has 1 heterocycles. The van der Waals surface area contributed by atoms with E-state index in [0.717, 1.165) is 23.1 Å². The highest BCUT2D eigenvalue weighted by Gasteiger charge is 2.45. The fourth-order valence-corrected chi connectivity index (χ4v) is 2.91. The first-order valence-corrected chi connectivity index (χ1v) is 7.00. The number of piperidine rings is 1. The minimum Gasteiger partial charge on any atom is -0.389 e. The van der Waals surface area contributed by atoms with E-state index in [1.165, 1.54) is 12.1 Å². The highest BCUT2D eigenvalue weighted by atomic mass is 79.9. The van der Waals surface area contributed by atoms with E-state index >= 15 is 0 Å². The molecule has 1 aromatic carbocycles. The Labute approximate surface area is 116 Å². The zero-order valence-electron chi connectivity index (χ0n) is 10.8. The van der Waals surface area contributed by atoms with Gasteiger partial charge in [-0.1, -0.05) is 29.8 Å². The van der Waals surface area contributed by atoms with Crippen molar-refractivity contribution in [2.24, 2.45) is 5.41 Å². The lowest BCUT2D eigenvalue weighted by atomic mass is 9.68. The van der Waals surface area contributed by atoms with E-state index in [1.54, 1.807) is 6.07 Å². The molecule has 0 radical (unpaired) electrons. The van der Waals surface area contributed by atoms with Crippen LogP contribution in [0.4, 0.5) is 4.39 Å². The van der Waals surface area contributed by atoms with Crippen molar-refractivity contribution in [1.82, 2.24) is 5.32 Å². The van der Waals surface area contributed by atoms with E-state index in [-0.39, 0.29) is 11.2 Å². The second kappa shape index (κ2) is 4.91. The molecule has 0 aromatic heterocycles. The summed E-state index contributed by atoms with van der Waals surface area (Å²) in [5, 5.41) is 14.2. The number of nitrogens with one attached hydrogen (secondary N) is 1. The van der Waals surface area contributed by atoms with Gasteiger partial charge in [0.15, 0.2) is 0 Å². The Morgan fingerprint density at radius 2 is 2.17 bits per heavy atom. The van der Waals surface area contributed by atoms with Gasteiger partial charge in [-0.05, 0) is 36.7 Å². The molecule has 1 aliphatic heterocycles. The van der Waals surface area contributed by atoms with Crippen LogP contribution in [0.5, 0.6) is 0 Å². The second-order valence-electron chi connectivity index (χ2n) is 5.75. The summed E-state index contributed by atoms with van der Waals surface area (Å²) in [4.78, 5) is 0. The Morgan fingerprint density at radius 1 is 1.44 bits per heavy atom. The van der Waals surface area contributed by atoms with Crippen LogP contribution < -0.4 is 5.32 Å². The molecule has 100 valence electrons. The molecule has 2 N–H and O–H groups in total. The van der Waals surface area contributed by atoms with Crippen LogP contribution in [-0.4, -0.2) is 23.8 Å². The van der Waals surface area contributed by atoms with Gasteiger partial charge in [-0.15, -0.1) is 0 Å². The molecular weight excluding hydrogens is 297 g/mol. The summed E-state index contributed by atoms with van der Waals surface area (Å²) in [6.45, 7) is 5.67. The van der Waals surface area contributed by atoms with Gasteiger partial charge in [0.1, 0.15) is 5.82 Å². The molecule has 0 bridgehead atoms. The van der Waals surface area contributed by atoms with E-state index < -0.39 is 5.60 Å². The lowest BCUT2D eigenvalue weighted by Gasteiger charge is -2.47. The molecule has 1 atom stereocenters. The number of benzene rings is 1. The molecule has 1 aromatic rings. The largest absolute Gasteiger partial charge is 0.389 e. The smallest absolute Gasteiger partial charge is 0.123 e. The van der Waals surface area contributed by atoms with E-state index in [0.29, 0.717) is 12.8 Å². The third-order valence-corrected chi connectivity index (χ3v) is 4.81. The maximum atomic E-state index is 13.3. The van der Waals surface area contributed by atoms with Crippen molar-refractivity contribution in [3.8, 4) is 0 Å². The van der Waals surface area contributed by atoms with Gasteiger partial charge in [-0.25, -0.2) is 4.39 Å². The van der Waals surface area contributed by atoms with Crippen LogP contribution >= 0.6 is 15.9 Å². The predicted molar refractivity (Wildman–Crippen MR) is 74.0 cm³/mol. The molecular formula is C14H19BrFNO. The van der Waals surface area contributed by atoms with Crippen LogP contribution in [0.3, 0.4) is 0 Å². The van der Waals surface area contributed by atoms with Crippen LogP contribution in [0.25, 0.3) is 0 Å². The highest BCUT2D eigenvalue weighted by Crippen LogP contribution is 2.39. The molecule has 1 aliphatic rings. The van der Waals surface area contributed by atoms with Crippen molar-refractivity contribution in [2.45, 2.75) is 32.3 Å². The van der Waals surface area contributed by atoms with Crippen LogP contribution in [0.2, 0.25) is 0 Å². The predicted octanol–water partition coefficient (Wildman–Crippen LogP) is 2.88. The van der Waals surface area contributed by atoms with E-state index in [4.69, 9.17) is 0 Å². The van der Waals surface area contributed by atoms with Crippen LogP contribution in [0, 0.1) is 11.2 Å². The Bertz CT molecular complexity index is 449. The molecule has 0 saturated carbocycles. The number of aliphatic hydroxyl groups is 1. The molecule has 0 aliphatic carbocycles. The zero-order valence-corrected chi connectivity index (χ0v) is 12.3. The Hall–Kier alpha value is -0.450. The number of hydrogen-bond donors (Lipinski definition) is 2. The minimum absolute atomic E-state index is 0.225. The van der Waals surface area contributed by atoms with Gasteiger partial charge in [-0.2, -0.15) is 0 Å². The zero-order chi connectivity index (χ0) is 13.4. The molecule has 1 saturated heterocycles. The summed E-state index contributed by atoms with van der Waals surface area (Å²) in [6.07, 6.45) is 1.16. The Balaban J connectivity index is 2.28. The standard InChI is InChI=1S/C14H19BrFNO/c1-13(2)9-17-6-5-14(13,18)8-10-7-11(16)3-4-12(10)15/h3-4,7,17-18H,5-6,8-9H2,1-2H3. The van der Waals surface area contributed by atoms with Crippen LogP contribution in [0.15, 0.2) is 22.7 Å². The molecule has 18 heavy (non-hydrogen) atoms. The first-order chi connectivity index (χ1) is 8.34. The van der Waals surface area contributed by atoms with Crippen molar-refractivity contribution < 1.29 is 9.50 Å². The first-order valence-electron chi connectivity index (χ1n) is 6.21. The normalized spacial score (nSPS) is 27.2. The van der Waals surface area contributed by atoms with Gasteiger partial charge in [0.2, 0.25) is 0 Å². The fourth-order valence-electron chi connectivity index (χ4n) is 2.52. The van der Waals surface area contributed by atoms with Gasteiger partial charge >= 0.3 is 0 Å². The molecule has 1 unspecified atom stereocenters. The highest BCUT2D eigenvalue weighted by molar-refractivity contribution is 9.10. The lowest BCUT2D eigenvalue weighted by molar-refractivity contribution is -0.0870. The summed E-state index contributed by atoms with van der Waals surface area (Å²) in [5.74, 6) is -0.261. The van der Waals surface area contributed by atoms with Gasteiger partial charge < -0.3 is 10.4 Å². The van der Waals surface area contributed by atoms with Crippen molar-refractivity contribution in [3.05, 3.63) is 34.1 Å². The Morgan fingerprint density at radius 3 is 2.83 bits per heavy atom. The SMILES string of the molecule is CC1(C)CNCCC1(O)Cc1cc(F)ccc1Br. The van der Waals surface area contributed by atoms with Crippen molar-refractivity contribution in [3.63, 3.8) is 0 Å². The number of rotatable bonds is 2. The van der Waals surface area contributed by atoms with E-state index in [9.17, 15) is 9.50 Å². The fraction of sp³-hybridized carbons (Fsp3) is 0.571.